The molecule has 0 heterocycles. The van der Waals surface area contributed by atoms with E-state index in [1.807, 2.05) is 0 Å². The van der Waals surface area contributed by atoms with Gasteiger partial charge in [0.15, 0.2) is 0 Å². The topological polar surface area (TPSA) is 38.0 Å². The van der Waals surface area contributed by atoms with Crippen LogP contribution < -0.4 is 11.3 Å². The van der Waals surface area contributed by atoms with Crippen molar-refractivity contribution < 1.29 is 0 Å². The third-order valence-corrected chi connectivity index (χ3v) is 2.78. The Labute approximate surface area is 69.5 Å². The zero-order valence-corrected chi connectivity index (χ0v) is 7.47. The molecule has 1 saturated carbocycles. The third kappa shape index (κ3) is 2.80. The van der Waals surface area contributed by atoms with E-state index in [1.165, 1.54) is 38.5 Å². The van der Waals surface area contributed by atoms with Crippen LogP contribution in [0.2, 0.25) is 0 Å². The standard InChI is InChI=1S/C9H20N2/c1-2-3-8-4-6-9(11-10)7-5-8/h8-9,11H,2-7,10H2,1H3. The molecule has 0 aromatic rings. The zero-order valence-electron chi connectivity index (χ0n) is 7.47. The van der Waals surface area contributed by atoms with E-state index in [-0.39, 0.29) is 0 Å². The summed E-state index contributed by atoms with van der Waals surface area (Å²) < 4.78 is 0. The van der Waals surface area contributed by atoms with E-state index in [4.69, 9.17) is 5.84 Å². The monoisotopic (exact) mass is 156 g/mol. The fourth-order valence-corrected chi connectivity index (χ4v) is 2.03. The molecule has 2 nitrogen and oxygen atoms in total. The van der Waals surface area contributed by atoms with Crippen LogP contribution in [0.3, 0.4) is 0 Å². The smallest absolute Gasteiger partial charge is 0.0210 e. The highest BCUT2D eigenvalue weighted by atomic mass is 15.2. The Balaban J connectivity index is 2.14. The number of hydrogen-bond acceptors (Lipinski definition) is 2. The van der Waals surface area contributed by atoms with E-state index in [9.17, 15) is 0 Å². The molecule has 0 bridgehead atoms. The number of hydrazine groups is 1. The highest BCUT2D eigenvalue weighted by Crippen LogP contribution is 2.27. The van der Waals surface area contributed by atoms with E-state index >= 15 is 0 Å². The van der Waals surface area contributed by atoms with Crippen LogP contribution in [0.25, 0.3) is 0 Å². The molecule has 0 aromatic heterocycles. The van der Waals surface area contributed by atoms with E-state index in [0.29, 0.717) is 6.04 Å². The van der Waals surface area contributed by atoms with Gasteiger partial charge in [0.1, 0.15) is 0 Å². The molecule has 1 fully saturated rings. The Morgan fingerprint density at radius 3 is 2.36 bits per heavy atom. The first-order valence-corrected chi connectivity index (χ1v) is 4.83. The molecule has 3 N–H and O–H groups in total. The van der Waals surface area contributed by atoms with Gasteiger partial charge in [-0.3, -0.25) is 11.3 Å². The lowest BCUT2D eigenvalue weighted by Gasteiger charge is -2.27. The summed E-state index contributed by atoms with van der Waals surface area (Å²) in [7, 11) is 0. The summed E-state index contributed by atoms with van der Waals surface area (Å²) in [5, 5.41) is 0. The summed E-state index contributed by atoms with van der Waals surface area (Å²) in [5.41, 5.74) is 2.87. The lowest BCUT2D eigenvalue weighted by molar-refractivity contribution is 0.280. The van der Waals surface area contributed by atoms with Crippen molar-refractivity contribution in [2.24, 2.45) is 11.8 Å². The highest BCUT2D eigenvalue weighted by molar-refractivity contribution is 4.74. The molecule has 1 aliphatic carbocycles. The van der Waals surface area contributed by atoms with Gasteiger partial charge in [-0.05, 0) is 31.6 Å². The molecule has 0 spiro atoms. The minimum atomic E-state index is 0.600. The number of nitrogens with two attached hydrogens (primary N) is 1. The molecule has 0 atom stereocenters. The molecular formula is C9H20N2. The van der Waals surface area contributed by atoms with E-state index in [0.717, 1.165) is 5.92 Å². The average Bonchev–Trinajstić information content (AvgIpc) is 2.07. The van der Waals surface area contributed by atoms with Crippen LogP contribution in [0.15, 0.2) is 0 Å². The first-order chi connectivity index (χ1) is 5.36. The predicted molar refractivity (Wildman–Crippen MR) is 48.0 cm³/mol. The summed E-state index contributed by atoms with van der Waals surface area (Å²) in [6.07, 6.45) is 8.07. The SMILES string of the molecule is CCCC1CCC(NN)CC1. The van der Waals surface area contributed by atoms with Crippen molar-refractivity contribution in [3.63, 3.8) is 0 Å². The molecular weight excluding hydrogens is 136 g/mol. The number of hydrogen-bond donors (Lipinski definition) is 2. The largest absolute Gasteiger partial charge is 0.271 e. The fourth-order valence-electron chi connectivity index (χ4n) is 2.03. The quantitative estimate of drug-likeness (QED) is 0.483. The second kappa shape index (κ2) is 4.73. The maximum absolute atomic E-state index is 5.37. The Hall–Kier alpha value is -0.0800. The van der Waals surface area contributed by atoms with Crippen molar-refractivity contribution in [1.29, 1.82) is 0 Å². The van der Waals surface area contributed by atoms with Crippen LogP contribution in [0.1, 0.15) is 45.4 Å². The summed E-state index contributed by atoms with van der Waals surface area (Å²) in [6, 6.07) is 0.600. The minimum absolute atomic E-state index is 0.600. The second-order valence-corrected chi connectivity index (χ2v) is 3.67. The number of nitrogens with one attached hydrogen (secondary N) is 1. The Kier molecular flexibility index (Phi) is 3.87. The molecule has 0 aliphatic heterocycles. The van der Waals surface area contributed by atoms with Gasteiger partial charge in [0.05, 0.1) is 0 Å². The summed E-state index contributed by atoms with van der Waals surface area (Å²) in [4.78, 5) is 0. The van der Waals surface area contributed by atoms with Crippen molar-refractivity contribution >= 4 is 0 Å². The summed E-state index contributed by atoms with van der Waals surface area (Å²) >= 11 is 0. The van der Waals surface area contributed by atoms with E-state index < -0.39 is 0 Å². The van der Waals surface area contributed by atoms with Gasteiger partial charge in [-0.25, -0.2) is 0 Å². The molecule has 0 saturated heterocycles. The first kappa shape index (κ1) is 9.01. The van der Waals surface area contributed by atoms with Gasteiger partial charge in [-0.2, -0.15) is 0 Å². The fraction of sp³-hybridized carbons (Fsp3) is 1.00. The van der Waals surface area contributed by atoms with Crippen LogP contribution in [0.4, 0.5) is 0 Å². The summed E-state index contributed by atoms with van der Waals surface area (Å²) in [6.45, 7) is 2.27. The van der Waals surface area contributed by atoms with Crippen LogP contribution in [0, 0.1) is 5.92 Å². The second-order valence-electron chi connectivity index (χ2n) is 3.67. The zero-order chi connectivity index (χ0) is 8.10. The molecule has 0 aromatic carbocycles. The predicted octanol–water partition coefficient (Wildman–Crippen LogP) is 1.81. The van der Waals surface area contributed by atoms with Gasteiger partial charge < -0.3 is 0 Å². The van der Waals surface area contributed by atoms with Gasteiger partial charge in [0.2, 0.25) is 0 Å². The maximum Gasteiger partial charge on any atom is 0.0210 e. The number of rotatable bonds is 3. The molecule has 11 heavy (non-hydrogen) atoms. The van der Waals surface area contributed by atoms with Crippen LogP contribution >= 0.6 is 0 Å². The Morgan fingerprint density at radius 2 is 1.91 bits per heavy atom. The highest BCUT2D eigenvalue weighted by Gasteiger charge is 2.18. The molecule has 0 amide bonds. The molecule has 1 aliphatic rings. The molecule has 0 unspecified atom stereocenters. The lowest BCUT2D eigenvalue weighted by Crippen LogP contribution is -2.37. The Morgan fingerprint density at radius 1 is 1.27 bits per heavy atom. The average molecular weight is 156 g/mol. The molecule has 2 heteroatoms. The maximum atomic E-state index is 5.37. The van der Waals surface area contributed by atoms with Gasteiger partial charge >= 0.3 is 0 Å². The third-order valence-electron chi connectivity index (χ3n) is 2.78. The lowest BCUT2D eigenvalue weighted by atomic mass is 9.84. The van der Waals surface area contributed by atoms with E-state index in [2.05, 4.69) is 12.3 Å². The van der Waals surface area contributed by atoms with E-state index in [1.54, 1.807) is 0 Å². The van der Waals surface area contributed by atoms with Crippen LogP contribution in [-0.4, -0.2) is 6.04 Å². The van der Waals surface area contributed by atoms with Gasteiger partial charge in [0.25, 0.3) is 0 Å². The molecule has 1 rings (SSSR count). The van der Waals surface area contributed by atoms with Gasteiger partial charge in [-0.15, -0.1) is 0 Å². The molecule has 0 radical (unpaired) electrons. The normalized spacial score (nSPS) is 32.2. The van der Waals surface area contributed by atoms with Gasteiger partial charge in [0, 0.05) is 6.04 Å². The van der Waals surface area contributed by atoms with Crippen molar-refractivity contribution in [3.05, 3.63) is 0 Å². The van der Waals surface area contributed by atoms with Crippen molar-refractivity contribution in [1.82, 2.24) is 5.43 Å². The van der Waals surface area contributed by atoms with Crippen molar-refractivity contribution in [2.75, 3.05) is 0 Å². The van der Waals surface area contributed by atoms with Gasteiger partial charge in [-0.1, -0.05) is 19.8 Å². The van der Waals surface area contributed by atoms with Crippen LogP contribution in [-0.2, 0) is 0 Å². The van der Waals surface area contributed by atoms with Crippen LogP contribution in [0.5, 0.6) is 0 Å². The first-order valence-electron chi connectivity index (χ1n) is 4.83. The summed E-state index contributed by atoms with van der Waals surface area (Å²) in [5.74, 6) is 6.36. The Bertz CT molecular complexity index is 95.7. The van der Waals surface area contributed by atoms with Crippen molar-refractivity contribution in [2.45, 2.75) is 51.5 Å². The molecule has 66 valence electrons. The minimum Gasteiger partial charge on any atom is -0.271 e. The van der Waals surface area contributed by atoms with Crippen molar-refractivity contribution in [3.8, 4) is 0 Å².